The van der Waals surface area contributed by atoms with Gasteiger partial charge in [0.1, 0.15) is 0 Å². The van der Waals surface area contributed by atoms with Gasteiger partial charge in [0.05, 0.1) is 31.5 Å². The van der Waals surface area contributed by atoms with Gasteiger partial charge in [-0.25, -0.2) is 0 Å². The Bertz CT molecular complexity index is 666. The van der Waals surface area contributed by atoms with Crippen molar-refractivity contribution < 1.29 is 9.90 Å². The maximum atomic E-state index is 10.7. The predicted octanol–water partition coefficient (Wildman–Crippen LogP) is 6.31. The van der Waals surface area contributed by atoms with Crippen LogP contribution in [0.5, 0.6) is 0 Å². The lowest BCUT2D eigenvalue weighted by atomic mass is 10.1. The van der Waals surface area contributed by atoms with Crippen molar-refractivity contribution in [3.63, 3.8) is 0 Å². The average Bonchev–Trinajstić information content (AvgIpc) is 2.81. The van der Waals surface area contributed by atoms with Crippen LogP contribution in [0.1, 0.15) is 4.88 Å². The fourth-order valence-corrected chi connectivity index (χ4v) is 3.83. The molecule has 0 aliphatic heterocycles. The number of carbonyl (C=O) groups is 1. The molecule has 2 rings (SSSR count). The Labute approximate surface area is 143 Å². The fourth-order valence-electron chi connectivity index (χ4n) is 1.61. The third-order valence-electron chi connectivity index (χ3n) is 2.48. The summed E-state index contributed by atoms with van der Waals surface area (Å²) in [6.07, 6.45) is -0.0744. The molecule has 8 heteroatoms. The molecule has 0 aliphatic carbocycles. The first-order valence-electron chi connectivity index (χ1n) is 5.14. The summed E-state index contributed by atoms with van der Waals surface area (Å²) in [5.41, 5.74) is 1.10. The van der Waals surface area contributed by atoms with E-state index in [0.717, 1.165) is 0 Å². The van der Waals surface area contributed by atoms with Gasteiger partial charge in [-0.2, -0.15) is 0 Å². The molecule has 1 aromatic carbocycles. The average molecular weight is 391 g/mol. The van der Waals surface area contributed by atoms with E-state index in [1.54, 1.807) is 11.4 Å². The Hall–Kier alpha value is -0.160. The Morgan fingerprint density at radius 2 is 1.50 bits per heavy atom. The highest BCUT2D eigenvalue weighted by molar-refractivity contribution is 7.10. The molecule has 0 fully saturated rings. The Morgan fingerprint density at radius 1 is 1.00 bits per heavy atom. The van der Waals surface area contributed by atoms with E-state index in [2.05, 4.69) is 0 Å². The van der Waals surface area contributed by atoms with E-state index in [1.807, 2.05) is 0 Å². The standard InChI is InChI=1S/C12H5Cl5O2S/c13-8-7(9(14)11(16)12(17)10(8)15)4-1-5(20-3-4)2-6(18)19/h1,3H,2H2,(H,18,19). The van der Waals surface area contributed by atoms with Gasteiger partial charge in [-0.15, -0.1) is 11.3 Å². The zero-order valence-corrected chi connectivity index (χ0v) is 14.1. The van der Waals surface area contributed by atoms with Gasteiger partial charge < -0.3 is 5.11 Å². The van der Waals surface area contributed by atoms with Crippen LogP contribution in [0.4, 0.5) is 0 Å². The number of hydrogen-bond acceptors (Lipinski definition) is 2. The topological polar surface area (TPSA) is 37.3 Å². The van der Waals surface area contributed by atoms with Crippen molar-refractivity contribution in [2.24, 2.45) is 0 Å². The monoisotopic (exact) mass is 388 g/mol. The normalized spacial score (nSPS) is 10.8. The van der Waals surface area contributed by atoms with Gasteiger partial charge in [0.15, 0.2) is 0 Å². The van der Waals surface area contributed by atoms with Crippen molar-refractivity contribution in [2.75, 3.05) is 0 Å². The van der Waals surface area contributed by atoms with Crippen LogP contribution in [0, 0.1) is 0 Å². The number of halogens is 5. The summed E-state index contributed by atoms with van der Waals surface area (Å²) in [5, 5.41) is 11.2. The summed E-state index contributed by atoms with van der Waals surface area (Å²) in [5.74, 6) is -0.914. The zero-order chi connectivity index (χ0) is 15.0. The molecule has 2 nitrogen and oxygen atoms in total. The molecule has 0 spiro atoms. The van der Waals surface area contributed by atoms with Gasteiger partial charge in [-0.05, 0) is 17.0 Å². The minimum atomic E-state index is -0.914. The molecule has 1 aromatic heterocycles. The van der Waals surface area contributed by atoms with Gasteiger partial charge in [-0.3, -0.25) is 4.79 Å². The number of hydrogen-bond donors (Lipinski definition) is 1. The summed E-state index contributed by atoms with van der Waals surface area (Å²) in [6.45, 7) is 0. The summed E-state index contributed by atoms with van der Waals surface area (Å²) >= 11 is 31.5. The number of benzene rings is 1. The third kappa shape index (κ3) is 3.03. The van der Waals surface area contributed by atoms with Crippen LogP contribution in [0.2, 0.25) is 25.1 Å². The maximum absolute atomic E-state index is 10.7. The highest BCUT2D eigenvalue weighted by Gasteiger charge is 2.21. The van der Waals surface area contributed by atoms with E-state index >= 15 is 0 Å². The molecule has 0 atom stereocenters. The van der Waals surface area contributed by atoms with Crippen molar-refractivity contribution in [3.8, 4) is 11.1 Å². The molecule has 2 aromatic rings. The SMILES string of the molecule is O=C(O)Cc1cc(-c2c(Cl)c(Cl)c(Cl)c(Cl)c2Cl)cs1. The number of carboxylic acid groups (broad SMARTS) is 1. The van der Waals surface area contributed by atoms with Crippen molar-refractivity contribution >= 4 is 75.3 Å². The third-order valence-corrected chi connectivity index (χ3v) is 5.69. The van der Waals surface area contributed by atoms with Crippen LogP contribution < -0.4 is 0 Å². The summed E-state index contributed by atoms with van der Waals surface area (Å²) in [4.78, 5) is 11.4. The summed E-state index contributed by atoms with van der Waals surface area (Å²) < 4.78 is 0. The highest BCUT2D eigenvalue weighted by Crippen LogP contribution is 2.48. The molecule has 106 valence electrons. The number of carboxylic acids is 1. The van der Waals surface area contributed by atoms with Crippen LogP contribution in [0.3, 0.4) is 0 Å². The molecule has 0 saturated carbocycles. The van der Waals surface area contributed by atoms with E-state index in [9.17, 15) is 4.79 Å². The second-order valence-electron chi connectivity index (χ2n) is 3.82. The van der Waals surface area contributed by atoms with Crippen LogP contribution in [0.25, 0.3) is 11.1 Å². The Kier molecular flexibility index (Phi) is 5.11. The number of aliphatic carboxylic acids is 1. The molecule has 0 bridgehead atoms. The molecule has 20 heavy (non-hydrogen) atoms. The predicted molar refractivity (Wildman–Crippen MR) is 86.1 cm³/mol. The summed E-state index contributed by atoms with van der Waals surface area (Å²) in [7, 11) is 0. The van der Waals surface area contributed by atoms with Gasteiger partial charge in [0.2, 0.25) is 0 Å². The van der Waals surface area contributed by atoms with Crippen LogP contribution in [-0.2, 0) is 11.2 Å². The van der Waals surface area contributed by atoms with Gasteiger partial charge in [0.25, 0.3) is 0 Å². The van der Waals surface area contributed by atoms with Gasteiger partial charge in [0, 0.05) is 10.4 Å². The first-order chi connectivity index (χ1) is 9.32. The second-order valence-corrected chi connectivity index (χ2v) is 6.70. The van der Waals surface area contributed by atoms with E-state index < -0.39 is 5.97 Å². The van der Waals surface area contributed by atoms with E-state index in [-0.39, 0.29) is 31.5 Å². The fraction of sp³-hybridized carbons (Fsp3) is 0.0833. The highest BCUT2D eigenvalue weighted by atomic mass is 35.5. The molecular weight excluding hydrogens is 385 g/mol. The van der Waals surface area contributed by atoms with Crippen molar-refractivity contribution in [1.29, 1.82) is 0 Å². The van der Waals surface area contributed by atoms with Crippen molar-refractivity contribution in [1.82, 2.24) is 0 Å². The van der Waals surface area contributed by atoms with Crippen molar-refractivity contribution in [3.05, 3.63) is 41.4 Å². The van der Waals surface area contributed by atoms with Gasteiger partial charge >= 0.3 is 5.97 Å². The quantitative estimate of drug-likeness (QED) is 0.493. The smallest absolute Gasteiger partial charge is 0.308 e. The lowest BCUT2D eigenvalue weighted by Crippen LogP contribution is -1.97. The molecule has 1 heterocycles. The molecule has 0 amide bonds. The minimum absolute atomic E-state index is 0.0744. The Morgan fingerprint density at radius 3 is 2.00 bits per heavy atom. The maximum Gasteiger partial charge on any atom is 0.308 e. The van der Waals surface area contributed by atoms with Crippen LogP contribution in [-0.4, -0.2) is 11.1 Å². The molecule has 1 N–H and O–H groups in total. The second kappa shape index (κ2) is 6.30. The van der Waals surface area contributed by atoms with Gasteiger partial charge in [-0.1, -0.05) is 58.0 Å². The van der Waals surface area contributed by atoms with Crippen LogP contribution in [0.15, 0.2) is 11.4 Å². The number of rotatable bonds is 3. The van der Waals surface area contributed by atoms with E-state index in [1.165, 1.54) is 11.3 Å². The largest absolute Gasteiger partial charge is 0.481 e. The molecule has 0 aliphatic rings. The number of thiophene rings is 1. The van der Waals surface area contributed by atoms with E-state index in [4.69, 9.17) is 63.1 Å². The van der Waals surface area contributed by atoms with E-state index in [0.29, 0.717) is 16.0 Å². The summed E-state index contributed by atoms with van der Waals surface area (Å²) in [6, 6.07) is 1.69. The molecular formula is C12H5Cl5O2S. The minimum Gasteiger partial charge on any atom is -0.481 e. The Balaban J connectivity index is 2.58. The molecule has 0 unspecified atom stereocenters. The molecule has 0 radical (unpaired) electrons. The first kappa shape index (κ1) is 16.2. The first-order valence-corrected chi connectivity index (χ1v) is 7.91. The van der Waals surface area contributed by atoms with Crippen LogP contribution >= 0.6 is 69.3 Å². The van der Waals surface area contributed by atoms with Crippen molar-refractivity contribution in [2.45, 2.75) is 6.42 Å². The lowest BCUT2D eigenvalue weighted by molar-refractivity contribution is -0.136. The zero-order valence-electron chi connectivity index (χ0n) is 9.52. The molecule has 0 saturated heterocycles. The lowest BCUT2D eigenvalue weighted by Gasteiger charge is -2.11.